The minimum atomic E-state index is -0.402. The molecule has 0 fully saturated rings. The lowest BCUT2D eigenvalue weighted by molar-refractivity contribution is -0.121. The van der Waals surface area contributed by atoms with Crippen LogP contribution in [-0.2, 0) is 9.59 Å². The third-order valence-electron chi connectivity index (χ3n) is 5.49. The summed E-state index contributed by atoms with van der Waals surface area (Å²) in [4.78, 5) is 28.1. The van der Waals surface area contributed by atoms with Gasteiger partial charge in [-0.3, -0.25) is 14.5 Å². The molecule has 1 aliphatic carbocycles. The van der Waals surface area contributed by atoms with Gasteiger partial charge in [0.2, 0.25) is 5.91 Å². The first-order valence-corrected chi connectivity index (χ1v) is 10.2. The Morgan fingerprint density at radius 2 is 1.82 bits per heavy atom. The van der Waals surface area contributed by atoms with Crippen LogP contribution in [0.1, 0.15) is 44.6 Å². The van der Waals surface area contributed by atoms with Crippen LogP contribution in [0.15, 0.2) is 64.3 Å². The molecule has 2 aromatic carbocycles. The number of ketones is 1. The van der Waals surface area contributed by atoms with Crippen molar-refractivity contribution in [3.8, 4) is 0 Å². The van der Waals surface area contributed by atoms with Crippen molar-refractivity contribution in [3.63, 3.8) is 0 Å². The molecule has 0 aromatic heterocycles. The number of hydrogen-bond donors (Lipinski definition) is 0. The Morgan fingerprint density at radius 3 is 2.54 bits per heavy atom. The first-order valence-electron chi connectivity index (χ1n) is 9.36. The predicted octanol–water partition coefficient (Wildman–Crippen LogP) is 5.75. The van der Waals surface area contributed by atoms with Crippen molar-refractivity contribution < 1.29 is 14.0 Å². The van der Waals surface area contributed by atoms with Crippen molar-refractivity contribution in [2.24, 2.45) is 5.41 Å². The van der Waals surface area contributed by atoms with Crippen molar-refractivity contribution in [1.29, 1.82) is 0 Å². The van der Waals surface area contributed by atoms with E-state index in [1.54, 1.807) is 17.0 Å². The molecule has 2 aliphatic rings. The van der Waals surface area contributed by atoms with Gasteiger partial charge in [0, 0.05) is 34.5 Å². The molecule has 1 unspecified atom stereocenters. The Balaban J connectivity index is 1.93. The number of hydrogen-bond acceptors (Lipinski definition) is 2. The molecule has 0 bridgehead atoms. The number of halogens is 2. The van der Waals surface area contributed by atoms with E-state index in [0.29, 0.717) is 24.0 Å². The summed E-state index contributed by atoms with van der Waals surface area (Å²) < 4.78 is 14.7. The smallest absolute Gasteiger partial charge is 0.232 e. The summed E-state index contributed by atoms with van der Waals surface area (Å²) in [5, 5.41) is 0. The fourth-order valence-corrected chi connectivity index (χ4v) is 4.80. The van der Waals surface area contributed by atoms with E-state index in [2.05, 4.69) is 15.9 Å². The first-order chi connectivity index (χ1) is 13.3. The highest BCUT2D eigenvalue weighted by molar-refractivity contribution is 9.10. The van der Waals surface area contributed by atoms with E-state index in [0.717, 1.165) is 15.9 Å². The quantitative estimate of drug-likeness (QED) is 0.594. The summed E-state index contributed by atoms with van der Waals surface area (Å²) in [7, 11) is 0. The van der Waals surface area contributed by atoms with Crippen molar-refractivity contribution in [2.45, 2.75) is 39.0 Å². The van der Waals surface area contributed by atoms with Gasteiger partial charge in [-0.15, -0.1) is 0 Å². The number of allylic oxidation sites excluding steroid dienone is 2. The van der Waals surface area contributed by atoms with Gasteiger partial charge in [-0.05, 0) is 57.6 Å². The summed E-state index contributed by atoms with van der Waals surface area (Å²) in [5.74, 6) is -0.792. The molecule has 1 heterocycles. The fraction of sp³-hybridized carbons (Fsp3) is 0.304. The van der Waals surface area contributed by atoms with E-state index in [4.69, 9.17) is 0 Å². The Labute approximate surface area is 172 Å². The van der Waals surface area contributed by atoms with Gasteiger partial charge in [0.1, 0.15) is 5.82 Å². The summed E-state index contributed by atoms with van der Waals surface area (Å²) in [5.41, 5.74) is 2.59. The van der Waals surface area contributed by atoms with Crippen LogP contribution in [0.5, 0.6) is 0 Å². The zero-order chi connectivity index (χ0) is 20.1. The second-order valence-corrected chi connectivity index (χ2v) is 9.15. The first kappa shape index (κ1) is 19.1. The molecule has 0 saturated carbocycles. The molecule has 28 heavy (non-hydrogen) atoms. The number of benzene rings is 2. The lowest BCUT2D eigenvalue weighted by Gasteiger charge is -2.43. The number of nitrogens with zero attached hydrogens (tertiary/aromatic N) is 1. The molecule has 5 heteroatoms. The average Bonchev–Trinajstić information content (AvgIpc) is 2.61. The number of amides is 1. The Hall–Kier alpha value is -2.27. The summed E-state index contributed by atoms with van der Waals surface area (Å²) in [6, 6.07) is 13.8. The number of para-hydroxylation sites is 1. The monoisotopic (exact) mass is 441 g/mol. The molecule has 0 saturated heterocycles. The van der Waals surface area contributed by atoms with Crippen LogP contribution < -0.4 is 4.90 Å². The largest absolute Gasteiger partial charge is 0.294 e. The average molecular weight is 442 g/mol. The van der Waals surface area contributed by atoms with Crippen LogP contribution >= 0.6 is 15.9 Å². The highest BCUT2D eigenvalue weighted by atomic mass is 79.9. The van der Waals surface area contributed by atoms with Crippen LogP contribution in [0.25, 0.3) is 0 Å². The number of rotatable bonds is 2. The predicted molar refractivity (Wildman–Crippen MR) is 110 cm³/mol. The highest BCUT2D eigenvalue weighted by Gasteiger charge is 2.44. The van der Waals surface area contributed by atoms with Crippen molar-refractivity contribution in [2.75, 3.05) is 4.90 Å². The molecular weight excluding hydrogens is 421 g/mol. The third kappa shape index (κ3) is 3.32. The van der Waals surface area contributed by atoms with Crippen LogP contribution in [0, 0.1) is 11.2 Å². The van der Waals surface area contributed by atoms with Crippen LogP contribution in [-0.4, -0.2) is 11.7 Å². The van der Waals surface area contributed by atoms with E-state index in [-0.39, 0.29) is 29.3 Å². The fourth-order valence-electron chi connectivity index (χ4n) is 4.34. The van der Waals surface area contributed by atoms with Gasteiger partial charge < -0.3 is 0 Å². The molecule has 1 amide bonds. The van der Waals surface area contributed by atoms with Crippen molar-refractivity contribution in [3.05, 3.63) is 75.7 Å². The van der Waals surface area contributed by atoms with E-state index in [1.165, 1.54) is 12.1 Å². The van der Waals surface area contributed by atoms with Gasteiger partial charge in [0.05, 0.1) is 5.69 Å². The maximum Gasteiger partial charge on any atom is 0.232 e. The van der Waals surface area contributed by atoms with Crippen LogP contribution in [0.4, 0.5) is 10.1 Å². The molecule has 4 rings (SSSR count). The number of anilines is 1. The molecule has 3 nitrogen and oxygen atoms in total. The van der Waals surface area contributed by atoms with Crippen LogP contribution in [0.3, 0.4) is 0 Å². The number of Topliss-reactive ketones (excluding diaryl/α,β-unsaturated/α-hetero) is 1. The molecule has 2 aromatic rings. The lowest BCUT2D eigenvalue weighted by atomic mass is 9.69. The van der Waals surface area contributed by atoms with Gasteiger partial charge in [-0.1, -0.05) is 38.1 Å². The van der Waals surface area contributed by atoms with Crippen molar-refractivity contribution in [1.82, 2.24) is 0 Å². The minimum Gasteiger partial charge on any atom is -0.294 e. The van der Waals surface area contributed by atoms with Gasteiger partial charge in [-0.2, -0.15) is 0 Å². The molecule has 144 valence electrons. The Bertz CT molecular complexity index is 1010. The van der Waals surface area contributed by atoms with E-state index in [1.807, 2.05) is 38.1 Å². The summed E-state index contributed by atoms with van der Waals surface area (Å²) in [6.45, 7) is 4.09. The van der Waals surface area contributed by atoms with E-state index >= 15 is 0 Å². The third-order valence-corrected chi connectivity index (χ3v) is 6.16. The van der Waals surface area contributed by atoms with Gasteiger partial charge >= 0.3 is 0 Å². The Morgan fingerprint density at radius 1 is 1.07 bits per heavy atom. The molecule has 1 aliphatic heterocycles. The highest BCUT2D eigenvalue weighted by Crippen LogP contribution is 2.49. The Kier molecular flexibility index (Phi) is 4.74. The van der Waals surface area contributed by atoms with E-state index < -0.39 is 5.92 Å². The van der Waals surface area contributed by atoms with Gasteiger partial charge in [0.25, 0.3) is 0 Å². The van der Waals surface area contributed by atoms with Gasteiger partial charge in [0.15, 0.2) is 5.78 Å². The minimum absolute atomic E-state index is 0.0464. The van der Waals surface area contributed by atoms with Gasteiger partial charge in [-0.25, -0.2) is 4.39 Å². The standard InChI is InChI=1S/C23H21BrFNO2/c1-23(2)12-19-22(20(27)13-23)16(14-6-5-7-15(25)10-14)11-21(28)26(19)18-9-4-3-8-17(18)24/h3-10,16H,11-13H2,1-2H3. The molecule has 0 N–H and O–H groups in total. The zero-order valence-corrected chi connectivity index (χ0v) is 17.4. The number of carbonyl (C=O) groups is 2. The summed E-state index contributed by atoms with van der Waals surface area (Å²) in [6.07, 6.45) is 1.19. The second kappa shape index (κ2) is 6.96. The van der Waals surface area contributed by atoms with E-state index in [9.17, 15) is 14.0 Å². The zero-order valence-electron chi connectivity index (χ0n) is 15.8. The maximum atomic E-state index is 13.9. The maximum absolute atomic E-state index is 13.9. The lowest BCUT2D eigenvalue weighted by Crippen LogP contribution is -2.43. The molecular formula is C23H21BrFNO2. The topological polar surface area (TPSA) is 37.4 Å². The SMILES string of the molecule is CC1(C)CC(=O)C2=C(C1)N(c1ccccc1Br)C(=O)CC2c1cccc(F)c1. The second-order valence-electron chi connectivity index (χ2n) is 8.29. The number of carbonyl (C=O) groups excluding carboxylic acids is 2. The van der Waals surface area contributed by atoms with Crippen molar-refractivity contribution >= 4 is 33.3 Å². The normalized spacial score (nSPS) is 21.7. The summed E-state index contributed by atoms with van der Waals surface area (Å²) >= 11 is 3.54. The molecule has 0 spiro atoms. The van der Waals surface area contributed by atoms with Crippen LogP contribution in [0.2, 0.25) is 0 Å². The molecule has 1 atom stereocenters. The molecule has 0 radical (unpaired) electrons.